The standard InChI is InChI=1S/C16H14FNO6S/c17-12-4-6-14(7-5-12)25(23,24)18(9-8-15(19)20)13-3-1-2-11(10-13)16(21)22/h1-7,10H,8-9H2,(H,19,20)(H,21,22). The number of aliphatic carboxylic acids is 1. The molecule has 0 bridgehead atoms. The summed E-state index contributed by atoms with van der Waals surface area (Å²) in [4.78, 5) is 21.7. The Bertz CT molecular complexity index is 895. The fourth-order valence-corrected chi connectivity index (χ4v) is 3.57. The second-order valence-electron chi connectivity index (χ2n) is 5.03. The van der Waals surface area contributed by atoms with Gasteiger partial charge in [0, 0.05) is 6.54 Å². The van der Waals surface area contributed by atoms with E-state index in [-0.39, 0.29) is 16.1 Å². The first-order valence-electron chi connectivity index (χ1n) is 7.05. The van der Waals surface area contributed by atoms with Crippen LogP contribution in [-0.2, 0) is 14.8 Å². The van der Waals surface area contributed by atoms with Gasteiger partial charge in [-0.15, -0.1) is 0 Å². The molecule has 0 saturated heterocycles. The number of sulfonamides is 1. The lowest BCUT2D eigenvalue weighted by Crippen LogP contribution is -2.33. The van der Waals surface area contributed by atoms with Gasteiger partial charge in [0.15, 0.2) is 0 Å². The first-order chi connectivity index (χ1) is 11.7. The molecule has 0 aliphatic heterocycles. The van der Waals surface area contributed by atoms with Crippen molar-refractivity contribution in [3.8, 4) is 0 Å². The lowest BCUT2D eigenvalue weighted by molar-refractivity contribution is -0.136. The fraction of sp³-hybridized carbons (Fsp3) is 0.125. The number of nitrogens with zero attached hydrogens (tertiary/aromatic N) is 1. The van der Waals surface area contributed by atoms with Crippen LogP contribution >= 0.6 is 0 Å². The van der Waals surface area contributed by atoms with Crippen LogP contribution in [0.25, 0.3) is 0 Å². The van der Waals surface area contributed by atoms with Crippen LogP contribution in [0.2, 0.25) is 0 Å². The van der Waals surface area contributed by atoms with Gasteiger partial charge in [-0.2, -0.15) is 0 Å². The summed E-state index contributed by atoms with van der Waals surface area (Å²) >= 11 is 0. The Morgan fingerprint density at radius 2 is 1.68 bits per heavy atom. The van der Waals surface area contributed by atoms with Gasteiger partial charge in [-0.3, -0.25) is 9.10 Å². The van der Waals surface area contributed by atoms with Crippen molar-refractivity contribution in [2.24, 2.45) is 0 Å². The lowest BCUT2D eigenvalue weighted by Gasteiger charge is -2.24. The van der Waals surface area contributed by atoms with E-state index in [0.717, 1.165) is 34.6 Å². The topological polar surface area (TPSA) is 112 Å². The smallest absolute Gasteiger partial charge is 0.335 e. The molecule has 2 N–H and O–H groups in total. The number of hydrogen-bond donors (Lipinski definition) is 2. The predicted molar refractivity (Wildman–Crippen MR) is 86.6 cm³/mol. The number of carboxylic acids is 2. The van der Waals surface area contributed by atoms with E-state index in [9.17, 15) is 22.4 Å². The van der Waals surface area contributed by atoms with E-state index in [1.165, 1.54) is 18.2 Å². The second kappa shape index (κ2) is 7.31. The number of halogens is 1. The first kappa shape index (κ1) is 18.4. The van der Waals surface area contributed by atoms with Gasteiger partial charge in [-0.05, 0) is 42.5 Å². The minimum absolute atomic E-state index is 0.00507. The summed E-state index contributed by atoms with van der Waals surface area (Å²) in [6.45, 7) is -0.405. The molecule has 0 saturated carbocycles. The summed E-state index contributed by atoms with van der Waals surface area (Å²) in [6.07, 6.45) is -0.488. The summed E-state index contributed by atoms with van der Waals surface area (Å²) in [5, 5.41) is 17.9. The van der Waals surface area contributed by atoms with Gasteiger partial charge in [0.05, 0.1) is 22.6 Å². The number of carboxylic acid groups (broad SMARTS) is 2. The Morgan fingerprint density at radius 3 is 2.24 bits per heavy atom. The number of benzene rings is 2. The van der Waals surface area contributed by atoms with Gasteiger partial charge in [-0.25, -0.2) is 17.6 Å². The molecule has 0 fully saturated rings. The SMILES string of the molecule is O=C(O)CCN(c1cccc(C(=O)O)c1)S(=O)(=O)c1ccc(F)cc1. The van der Waals surface area contributed by atoms with E-state index in [0.29, 0.717) is 0 Å². The van der Waals surface area contributed by atoms with Crippen molar-refractivity contribution in [3.63, 3.8) is 0 Å². The van der Waals surface area contributed by atoms with E-state index in [1.54, 1.807) is 0 Å². The van der Waals surface area contributed by atoms with E-state index in [4.69, 9.17) is 10.2 Å². The van der Waals surface area contributed by atoms with Crippen LogP contribution in [-0.4, -0.2) is 37.1 Å². The Hall–Kier alpha value is -2.94. The molecule has 0 amide bonds. The molecule has 2 aromatic carbocycles. The zero-order chi connectivity index (χ0) is 18.6. The predicted octanol–water partition coefficient (Wildman–Crippen LogP) is 2.19. The molecule has 2 aromatic rings. The van der Waals surface area contributed by atoms with E-state index in [2.05, 4.69) is 0 Å². The molecule has 0 aliphatic carbocycles. The maximum absolute atomic E-state index is 13.0. The summed E-state index contributed by atoms with van der Waals surface area (Å²) in [5.74, 6) is -3.09. The van der Waals surface area contributed by atoms with Gasteiger partial charge >= 0.3 is 11.9 Å². The van der Waals surface area contributed by atoms with Gasteiger partial charge in [0.2, 0.25) is 0 Å². The average Bonchev–Trinajstić information content (AvgIpc) is 2.55. The van der Waals surface area contributed by atoms with E-state index < -0.39 is 40.7 Å². The summed E-state index contributed by atoms with van der Waals surface area (Å²) in [5.41, 5.74) is -0.141. The third-order valence-electron chi connectivity index (χ3n) is 3.31. The molecule has 0 radical (unpaired) electrons. The molecule has 0 aromatic heterocycles. The van der Waals surface area contributed by atoms with E-state index >= 15 is 0 Å². The van der Waals surface area contributed by atoms with Crippen LogP contribution < -0.4 is 4.31 Å². The molecule has 9 heteroatoms. The van der Waals surface area contributed by atoms with Gasteiger partial charge in [-0.1, -0.05) is 6.07 Å². The Kier molecular flexibility index (Phi) is 5.38. The van der Waals surface area contributed by atoms with Crippen molar-refractivity contribution in [1.29, 1.82) is 0 Å². The highest BCUT2D eigenvalue weighted by atomic mass is 32.2. The maximum atomic E-state index is 13.0. The third-order valence-corrected chi connectivity index (χ3v) is 5.15. The van der Waals surface area contributed by atoms with Crippen molar-refractivity contribution in [2.75, 3.05) is 10.8 Å². The summed E-state index contributed by atoms with van der Waals surface area (Å²) in [6, 6.07) is 9.17. The van der Waals surface area contributed by atoms with Crippen molar-refractivity contribution < 1.29 is 32.6 Å². The lowest BCUT2D eigenvalue weighted by atomic mass is 10.2. The van der Waals surface area contributed by atoms with Crippen LogP contribution in [0.1, 0.15) is 16.8 Å². The molecule has 25 heavy (non-hydrogen) atoms. The van der Waals surface area contributed by atoms with Crippen LogP contribution in [0.15, 0.2) is 53.4 Å². The van der Waals surface area contributed by atoms with Gasteiger partial charge in [0.1, 0.15) is 5.82 Å². The quantitative estimate of drug-likeness (QED) is 0.776. The molecule has 0 heterocycles. The Morgan fingerprint density at radius 1 is 1.04 bits per heavy atom. The van der Waals surface area contributed by atoms with Crippen LogP contribution in [0.4, 0.5) is 10.1 Å². The highest BCUT2D eigenvalue weighted by molar-refractivity contribution is 7.92. The van der Waals surface area contributed by atoms with Crippen molar-refractivity contribution in [1.82, 2.24) is 0 Å². The molecule has 0 atom stereocenters. The van der Waals surface area contributed by atoms with Crippen LogP contribution in [0, 0.1) is 5.82 Å². The minimum Gasteiger partial charge on any atom is -0.481 e. The van der Waals surface area contributed by atoms with E-state index in [1.807, 2.05) is 0 Å². The number of rotatable bonds is 7. The van der Waals surface area contributed by atoms with Crippen molar-refractivity contribution >= 4 is 27.6 Å². The maximum Gasteiger partial charge on any atom is 0.335 e. The Balaban J connectivity index is 2.51. The number of carbonyl (C=O) groups is 2. The largest absolute Gasteiger partial charge is 0.481 e. The monoisotopic (exact) mass is 367 g/mol. The normalized spacial score (nSPS) is 11.1. The minimum atomic E-state index is -4.20. The zero-order valence-electron chi connectivity index (χ0n) is 12.8. The Labute approximate surface area is 143 Å². The van der Waals surface area contributed by atoms with Crippen molar-refractivity contribution in [2.45, 2.75) is 11.3 Å². The molecule has 0 aliphatic rings. The van der Waals surface area contributed by atoms with Crippen molar-refractivity contribution in [3.05, 3.63) is 59.9 Å². The molecular formula is C16H14FNO6S. The highest BCUT2D eigenvalue weighted by Gasteiger charge is 2.26. The average molecular weight is 367 g/mol. The molecule has 0 unspecified atom stereocenters. The summed E-state index contributed by atoms with van der Waals surface area (Å²) < 4.78 is 39.4. The fourth-order valence-electron chi connectivity index (χ4n) is 2.11. The molecular weight excluding hydrogens is 353 g/mol. The molecule has 0 spiro atoms. The van der Waals surface area contributed by atoms with Gasteiger partial charge < -0.3 is 10.2 Å². The number of hydrogen-bond acceptors (Lipinski definition) is 4. The zero-order valence-corrected chi connectivity index (χ0v) is 13.6. The third kappa shape index (κ3) is 4.32. The molecule has 132 valence electrons. The van der Waals surface area contributed by atoms with Crippen LogP contribution in [0.3, 0.4) is 0 Å². The number of aromatic carboxylic acids is 1. The summed E-state index contributed by atoms with van der Waals surface area (Å²) in [7, 11) is -4.20. The molecule has 2 rings (SSSR count). The highest BCUT2D eigenvalue weighted by Crippen LogP contribution is 2.25. The van der Waals surface area contributed by atoms with Gasteiger partial charge in [0.25, 0.3) is 10.0 Å². The number of anilines is 1. The second-order valence-corrected chi connectivity index (χ2v) is 6.89. The molecule has 7 nitrogen and oxygen atoms in total. The van der Waals surface area contributed by atoms with Crippen LogP contribution in [0.5, 0.6) is 0 Å². The first-order valence-corrected chi connectivity index (χ1v) is 8.49.